The van der Waals surface area contributed by atoms with E-state index in [1.165, 1.54) is 0 Å². The first-order valence-electron chi connectivity index (χ1n) is 6.69. The minimum atomic E-state index is -0.299. The van der Waals surface area contributed by atoms with Gasteiger partial charge in [-0.3, -0.25) is 21.1 Å². The van der Waals surface area contributed by atoms with Crippen LogP contribution in [0.15, 0.2) is 72.0 Å². The average Bonchev–Trinajstić information content (AvgIpc) is 2.56. The van der Waals surface area contributed by atoms with Gasteiger partial charge in [0.1, 0.15) is 5.82 Å². The van der Waals surface area contributed by atoms with Gasteiger partial charge in [-0.15, -0.1) is 0 Å². The second-order valence-electron chi connectivity index (χ2n) is 4.51. The van der Waals surface area contributed by atoms with E-state index in [0.717, 1.165) is 5.69 Å². The van der Waals surface area contributed by atoms with Crippen LogP contribution in [-0.2, 0) is 4.79 Å². The summed E-state index contributed by atoms with van der Waals surface area (Å²) < 4.78 is 0. The number of aromatic nitrogens is 1. The molecule has 2 rings (SSSR count). The van der Waals surface area contributed by atoms with Crippen molar-refractivity contribution in [1.82, 2.24) is 10.4 Å². The molecule has 22 heavy (non-hydrogen) atoms. The van der Waals surface area contributed by atoms with Crippen molar-refractivity contribution in [2.45, 2.75) is 6.92 Å². The van der Waals surface area contributed by atoms with Crippen LogP contribution >= 0.6 is 0 Å². The highest BCUT2D eigenvalue weighted by Crippen LogP contribution is 2.05. The molecule has 0 aliphatic rings. The maximum absolute atomic E-state index is 12.1. The molecule has 112 valence electrons. The zero-order valence-corrected chi connectivity index (χ0v) is 12.2. The van der Waals surface area contributed by atoms with Crippen LogP contribution in [0, 0.1) is 0 Å². The van der Waals surface area contributed by atoms with E-state index in [1.54, 1.807) is 25.3 Å². The average molecular weight is 295 g/mol. The van der Waals surface area contributed by atoms with Gasteiger partial charge >= 0.3 is 0 Å². The van der Waals surface area contributed by atoms with Crippen LogP contribution in [0.5, 0.6) is 0 Å². The lowest BCUT2D eigenvalue weighted by atomic mass is 10.2. The number of para-hydroxylation sites is 1. The van der Waals surface area contributed by atoms with Gasteiger partial charge in [-0.2, -0.15) is 5.10 Å². The Balaban J connectivity index is 2.09. The summed E-state index contributed by atoms with van der Waals surface area (Å²) in [5, 5.41) is 4.09. The zero-order valence-electron chi connectivity index (χ0n) is 12.2. The molecular weight excluding hydrogens is 278 g/mol. The molecule has 0 atom stereocenters. The van der Waals surface area contributed by atoms with Gasteiger partial charge in [0.25, 0.3) is 0 Å². The molecule has 1 heterocycles. The number of benzene rings is 1. The second-order valence-corrected chi connectivity index (χ2v) is 4.51. The Morgan fingerprint density at radius 1 is 1.14 bits per heavy atom. The molecule has 0 aliphatic carbocycles. The predicted molar refractivity (Wildman–Crippen MR) is 88.3 cm³/mol. The molecule has 0 saturated carbocycles. The number of nitrogens with zero attached hydrogens (tertiary/aromatic N) is 2. The topological polar surface area (TPSA) is 78.4 Å². The first-order chi connectivity index (χ1) is 10.7. The van der Waals surface area contributed by atoms with Crippen LogP contribution in [0.3, 0.4) is 0 Å². The standard InChI is InChI=1S/C16H17N5O/c1-12(2)15(22)16(20-18-13-8-4-3-5-9-13)21-19-14-10-6-7-11-17-14/h3-11,18H,1H2,2H3,(H,17,19)(H,20,21). The fourth-order valence-corrected chi connectivity index (χ4v) is 1.53. The minimum absolute atomic E-state index is 0.0991. The first-order valence-corrected chi connectivity index (χ1v) is 6.69. The Kier molecular flexibility index (Phi) is 5.25. The molecule has 0 radical (unpaired) electrons. The quantitative estimate of drug-likeness (QED) is 0.330. The smallest absolute Gasteiger partial charge is 0.226 e. The molecule has 0 bridgehead atoms. The molecule has 6 heteroatoms. The monoisotopic (exact) mass is 295 g/mol. The van der Waals surface area contributed by atoms with Gasteiger partial charge in [0.2, 0.25) is 11.6 Å². The Hall–Kier alpha value is -3.15. The number of anilines is 2. The van der Waals surface area contributed by atoms with E-state index in [9.17, 15) is 4.79 Å². The van der Waals surface area contributed by atoms with Crippen molar-refractivity contribution in [3.05, 3.63) is 66.9 Å². The molecule has 6 nitrogen and oxygen atoms in total. The SMILES string of the molecule is C=C(C)C(=O)C(=NNc1ccccc1)NNc1ccccn1. The number of amidine groups is 1. The van der Waals surface area contributed by atoms with E-state index < -0.39 is 0 Å². The van der Waals surface area contributed by atoms with Crippen LogP contribution in [0.4, 0.5) is 11.5 Å². The molecule has 0 saturated heterocycles. The largest absolute Gasteiger partial charge is 0.285 e. The molecule has 0 amide bonds. The first kappa shape index (κ1) is 15.2. The molecule has 0 aliphatic heterocycles. The molecule has 1 aromatic carbocycles. The lowest BCUT2D eigenvalue weighted by Gasteiger charge is -2.11. The van der Waals surface area contributed by atoms with E-state index in [2.05, 4.69) is 32.9 Å². The predicted octanol–water partition coefficient (Wildman–Crippen LogP) is 2.57. The third-order valence-electron chi connectivity index (χ3n) is 2.65. The lowest BCUT2D eigenvalue weighted by Crippen LogP contribution is -2.37. The maximum atomic E-state index is 12.1. The number of carbonyl (C=O) groups is 1. The van der Waals surface area contributed by atoms with Crippen LogP contribution < -0.4 is 16.3 Å². The fourth-order valence-electron chi connectivity index (χ4n) is 1.53. The van der Waals surface area contributed by atoms with Crippen LogP contribution in [0.25, 0.3) is 0 Å². The summed E-state index contributed by atoms with van der Waals surface area (Å²) in [5.74, 6) is 0.373. The van der Waals surface area contributed by atoms with Crippen molar-refractivity contribution < 1.29 is 4.79 Å². The molecule has 1 aromatic heterocycles. The van der Waals surface area contributed by atoms with Crippen molar-refractivity contribution in [3.8, 4) is 0 Å². The molecule has 0 fully saturated rings. The number of hydrazine groups is 1. The number of rotatable bonds is 6. The van der Waals surface area contributed by atoms with Crippen LogP contribution in [-0.4, -0.2) is 16.6 Å². The summed E-state index contributed by atoms with van der Waals surface area (Å²) in [6, 6.07) is 14.7. The number of hydrogen-bond acceptors (Lipinski definition) is 5. The summed E-state index contributed by atoms with van der Waals surface area (Å²) in [5.41, 5.74) is 9.55. The van der Waals surface area contributed by atoms with Gasteiger partial charge in [0, 0.05) is 6.20 Å². The number of hydrazone groups is 1. The van der Waals surface area contributed by atoms with Crippen molar-refractivity contribution in [2.75, 3.05) is 10.9 Å². The van der Waals surface area contributed by atoms with Crippen molar-refractivity contribution in [3.63, 3.8) is 0 Å². The molecule has 2 aromatic rings. The van der Waals surface area contributed by atoms with Crippen LogP contribution in [0.2, 0.25) is 0 Å². The van der Waals surface area contributed by atoms with E-state index in [1.807, 2.05) is 36.4 Å². The summed E-state index contributed by atoms with van der Waals surface area (Å²) in [4.78, 5) is 16.2. The third kappa shape index (κ3) is 4.45. The highest BCUT2D eigenvalue weighted by atomic mass is 16.1. The molecule has 0 spiro atoms. The van der Waals surface area contributed by atoms with Gasteiger partial charge in [-0.1, -0.05) is 30.8 Å². The lowest BCUT2D eigenvalue weighted by molar-refractivity contribution is -0.109. The van der Waals surface area contributed by atoms with Crippen molar-refractivity contribution in [1.29, 1.82) is 0 Å². The van der Waals surface area contributed by atoms with Crippen molar-refractivity contribution in [2.24, 2.45) is 5.10 Å². The molecular formula is C16H17N5O. The normalized spacial score (nSPS) is 10.7. The fraction of sp³-hybridized carbons (Fsp3) is 0.0625. The minimum Gasteiger partial charge on any atom is -0.285 e. The van der Waals surface area contributed by atoms with Gasteiger partial charge in [0.15, 0.2) is 0 Å². The number of pyridine rings is 1. The maximum Gasteiger partial charge on any atom is 0.226 e. The number of ketones is 1. The molecule has 3 N–H and O–H groups in total. The van der Waals surface area contributed by atoms with Gasteiger partial charge < -0.3 is 0 Å². The Morgan fingerprint density at radius 2 is 1.86 bits per heavy atom. The van der Waals surface area contributed by atoms with Gasteiger partial charge in [-0.05, 0) is 36.8 Å². The van der Waals surface area contributed by atoms with Gasteiger partial charge in [0.05, 0.1) is 5.69 Å². The van der Waals surface area contributed by atoms with E-state index in [4.69, 9.17) is 0 Å². The summed E-state index contributed by atoms with van der Waals surface area (Å²) in [6.07, 6.45) is 1.64. The van der Waals surface area contributed by atoms with E-state index in [-0.39, 0.29) is 11.6 Å². The number of carbonyl (C=O) groups excluding carboxylic acids is 1. The highest BCUT2D eigenvalue weighted by molar-refractivity contribution is 6.44. The van der Waals surface area contributed by atoms with Gasteiger partial charge in [-0.25, -0.2) is 4.98 Å². The number of hydrogen-bond donors (Lipinski definition) is 3. The zero-order chi connectivity index (χ0) is 15.8. The molecule has 0 unspecified atom stereocenters. The van der Waals surface area contributed by atoms with E-state index >= 15 is 0 Å². The van der Waals surface area contributed by atoms with E-state index in [0.29, 0.717) is 11.4 Å². The van der Waals surface area contributed by atoms with Crippen molar-refractivity contribution >= 4 is 23.1 Å². The second kappa shape index (κ2) is 7.58. The summed E-state index contributed by atoms with van der Waals surface area (Å²) in [6.45, 7) is 5.27. The Bertz CT molecular complexity index is 667. The summed E-state index contributed by atoms with van der Waals surface area (Å²) >= 11 is 0. The van der Waals surface area contributed by atoms with Crippen LogP contribution in [0.1, 0.15) is 6.92 Å². The number of nitrogens with one attached hydrogen (secondary N) is 3. The Labute approximate surface area is 128 Å². The highest BCUT2D eigenvalue weighted by Gasteiger charge is 2.12. The summed E-state index contributed by atoms with van der Waals surface area (Å²) in [7, 11) is 0. The number of Topliss-reactive ketones (excluding diaryl/α,β-unsaturated/α-hetero) is 1. The Morgan fingerprint density at radius 3 is 2.50 bits per heavy atom. The third-order valence-corrected chi connectivity index (χ3v) is 2.65.